The normalized spacial score (nSPS) is 12.5. The average molecular weight is 540 g/mol. The number of carboxylic acid groups (broad SMARTS) is 1. The Hall–Kier alpha value is -4.11. The summed E-state index contributed by atoms with van der Waals surface area (Å²) in [6, 6.07) is 19.4. The number of halogens is 1. The van der Waals surface area contributed by atoms with Gasteiger partial charge in [-0.2, -0.15) is 0 Å². The Morgan fingerprint density at radius 2 is 1.69 bits per heavy atom. The third-order valence-electron chi connectivity index (χ3n) is 4.81. The summed E-state index contributed by atoms with van der Waals surface area (Å²) in [6.07, 6.45) is -1.12. The van der Waals surface area contributed by atoms with Crippen LogP contribution < -0.4 is 10.1 Å². The molecule has 0 fully saturated rings. The predicted octanol–water partition coefficient (Wildman–Crippen LogP) is 5.74. The van der Waals surface area contributed by atoms with Crippen molar-refractivity contribution in [3.8, 4) is 11.5 Å². The van der Waals surface area contributed by atoms with E-state index in [0.717, 1.165) is 6.08 Å². The van der Waals surface area contributed by atoms with Crippen LogP contribution in [0.1, 0.15) is 28.9 Å². The molecule has 3 aromatic rings. The Morgan fingerprint density at radius 1 is 1.00 bits per heavy atom. The van der Waals surface area contributed by atoms with Gasteiger partial charge in [-0.25, -0.2) is 9.59 Å². The molecule has 0 radical (unpaired) electrons. The number of aromatic hydroxyl groups is 1. The van der Waals surface area contributed by atoms with Gasteiger partial charge in [0.2, 0.25) is 0 Å². The minimum absolute atomic E-state index is 0.115. The number of hydrogen-bond acceptors (Lipinski definition) is 6. The second-order valence-electron chi connectivity index (χ2n) is 7.38. The highest BCUT2D eigenvalue weighted by Gasteiger charge is 2.30. The molecule has 180 valence electrons. The number of para-hydroxylation sites is 1. The van der Waals surface area contributed by atoms with Crippen LogP contribution in [0.4, 0.5) is 10.5 Å². The van der Waals surface area contributed by atoms with Gasteiger partial charge in [0, 0.05) is 27.4 Å². The number of benzene rings is 3. The fourth-order valence-electron chi connectivity index (χ4n) is 3.15. The van der Waals surface area contributed by atoms with Crippen LogP contribution in [0.3, 0.4) is 0 Å². The summed E-state index contributed by atoms with van der Waals surface area (Å²) in [5.41, 5.74) is 1.05. The fraction of sp³-hybridized carbons (Fsp3) is 0.115. The first-order valence-electron chi connectivity index (χ1n) is 10.4. The van der Waals surface area contributed by atoms with Crippen molar-refractivity contribution in [2.75, 3.05) is 5.32 Å². The molecule has 9 heteroatoms. The van der Waals surface area contributed by atoms with Crippen molar-refractivity contribution in [2.45, 2.75) is 19.1 Å². The molecule has 0 saturated carbocycles. The summed E-state index contributed by atoms with van der Waals surface area (Å²) < 4.78 is 12.2. The van der Waals surface area contributed by atoms with Gasteiger partial charge < -0.3 is 19.7 Å². The van der Waals surface area contributed by atoms with E-state index in [1.807, 2.05) is 0 Å². The van der Waals surface area contributed by atoms with Gasteiger partial charge in [0.1, 0.15) is 11.5 Å². The zero-order valence-corrected chi connectivity index (χ0v) is 20.1. The molecular weight excluding hydrogens is 518 g/mol. The highest BCUT2D eigenvalue weighted by Crippen LogP contribution is 2.34. The molecule has 8 nitrogen and oxygen atoms in total. The number of rotatable bonds is 9. The van der Waals surface area contributed by atoms with Crippen LogP contribution in [0.25, 0.3) is 0 Å². The summed E-state index contributed by atoms with van der Waals surface area (Å²) in [5, 5.41) is 22.3. The summed E-state index contributed by atoms with van der Waals surface area (Å²) >= 11 is 3.33. The van der Waals surface area contributed by atoms with Crippen molar-refractivity contribution in [2.24, 2.45) is 0 Å². The molecule has 0 spiro atoms. The number of phenols is 1. The van der Waals surface area contributed by atoms with Gasteiger partial charge in [-0.3, -0.25) is 10.1 Å². The molecule has 0 aliphatic rings. The second kappa shape index (κ2) is 11.8. The lowest BCUT2D eigenvalue weighted by atomic mass is 10.0. The van der Waals surface area contributed by atoms with Crippen molar-refractivity contribution < 1.29 is 34.1 Å². The number of amides is 1. The van der Waals surface area contributed by atoms with Crippen LogP contribution in [0.5, 0.6) is 11.5 Å². The van der Waals surface area contributed by atoms with Crippen molar-refractivity contribution in [3.05, 3.63) is 101 Å². The first kappa shape index (κ1) is 25.5. The Labute approximate surface area is 209 Å². The lowest BCUT2D eigenvalue weighted by molar-refractivity contribution is -0.131. The van der Waals surface area contributed by atoms with Gasteiger partial charge in [0.05, 0.1) is 0 Å². The molecule has 0 aliphatic carbocycles. The maximum atomic E-state index is 12.8. The van der Waals surface area contributed by atoms with E-state index >= 15 is 0 Å². The number of carboxylic acids is 1. The predicted molar refractivity (Wildman–Crippen MR) is 133 cm³/mol. The van der Waals surface area contributed by atoms with E-state index < -0.39 is 24.3 Å². The van der Waals surface area contributed by atoms with Gasteiger partial charge in [-0.1, -0.05) is 34.1 Å². The zero-order valence-electron chi connectivity index (χ0n) is 18.6. The largest absolute Gasteiger partial charge is 0.508 e. The van der Waals surface area contributed by atoms with Crippen molar-refractivity contribution >= 4 is 39.5 Å². The van der Waals surface area contributed by atoms with E-state index in [1.54, 1.807) is 66.7 Å². The Morgan fingerprint density at radius 3 is 2.31 bits per heavy atom. The van der Waals surface area contributed by atoms with Gasteiger partial charge in [0.25, 0.3) is 0 Å². The smallest absolute Gasteiger partial charge is 0.412 e. The van der Waals surface area contributed by atoms with E-state index in [4.69, 9.17) is 9.47 Å². The molecule has 35 heavy (non-hydrogen) atoms. The molecular formula is C26H22BrNO7. The Kier molecular flexibility index (Phi) is 8.63. The first-order chi connectivity index (χ1) is 16.7. The van der Waals surface area contributed by atoms with Gasteiger partial charge in [0.15, 0.2) is 18.0 Å². The van der Waals surface area contributed by atoms with E-state index in [-0.39, 0.29) is 17.1 Å². The maximum absolute atomic E-state index is 12.8. The summed E-state index contributed by atoms with van der Waals surface area (Å²) in [6.45, 7) is 1.43. The number of carbonyl (C=O) groups excluding carboxylic acids is 2. The molecule has 3 aromatic carbocycles. The van der Waals surface area contributed by atoms with Gasteiger partial charge >= 0.3 is 12.1 Å². The SMILES string of the molecule is CC(=O)c1ccc(NC(=O)O[C@@H](c2cc(Br)ccc2O)[C@H](/C=C/C(=O)O)Oc2ccccc2)cc1. The lowest BCUT2D eigenvalue weighted by Gasteiger charge is -2.27. The third-order valence-corrected chi connectivity index (χ3v) is 5.30. The van der Waals surface area contributed by atoms with Crippen LogP contribution >= 0.6 is 15.9 Å². The number of nitrogens with one attached hydrogen (secondary N) is 1. The minimum Gasteiger partial charge on any atom is -0.508 e. The third kappa shape index (κ3) is 7.44. The molecule has 0 aliphatic heterocycles. The zero-order chi connectivity index (χ0) is 25.4. The van der Waals surface area contributed by atoms with E-state index in [0.29, 0.717) is 21.5 Å². The average Bonchev–Trinajstić information content (AvgIpc) is 2.83. The number of aliphatic carboxylic acids is 1. The number of Topliss-reactive ketones (excluding diaryl/α,β-unsaturated/α-hetero) is 1. The Balaban J connectivity index is 1.94. The van der Waals surface area contributed by atoms with Crippen LogP contribution in [-0.2, 0) is 9.53 Å². The molecule has 0 unspecified atom stereocenters. The topological polar surface area (TPSA) is 122 Å². The van der Waals surface area contributed by atoms with Crippen LogP contribution in [0, 0.1) is 0 Å². The highest BCUT2D eigenvalue weighted by atomic mass is 79.9. The van der Waals surface area contributed by atoms with Crippen LogP contribution in [0.15, 0.2) is 89.4 Å². The summed E-state index contributed by atoms with van der Waals surface area (Å²) in [5.74, 6) is -1.12. The van der Waals surface area contributed by atoms with Crippen LogP contribution in [0.2, 0.25) is 0 Å². The molecule has 1 amide bonds. The van der Waals surface area contributed by atoms with Gasteiger partial charge in [-0.05, 0) is 67.6 Å². The molecule has 0 aromatic heterocycles. The number of carbonyl (C=O) groups is 3. The second-order valence-corrected chi connectivity index (χ2v) is 8.30. The first-order valence-corrected chi connectivity index (χ1v) is 11.2. The minimum atomic E-state index is -1.24. The fourth-order valence-corrected chi connectivity index (χ4v) is 3.53. The molecule has 2 atom stereocenters. The quantitative estimate of drug-likeness (QED) is 0.234. The number of ketones is 1. The molecule has 3 N–H and O–H groups in total. The summed E-state index contributed by atoms with van der Waals surface area (Å²) in [4.78, 5) is 35.5. The van der Waals surface area contributed by atoms with Crippen molar-refractivity contribution in [3.63, 3.8) is 0 Å². The molecule has 0 bridgehead atoms. The van der Waals surface area contributed by atoms with E-state index in [9.17, 15) is 24.6 Å². The monoisotopic (exact) mass is 539 g/mol. The number of phenolic OH excluding ortho intramolecular Hbond substituents is 1. The standard InChI is InChI=1S/C26H22BrNO7/c1-16(29)17-7-10-19(11-8-17)28-26(33)35-25(21-15-18(27)9-12-22(21)30)23(13-14-24(31)32)34-20-5-3-2-4-6-20/h2-15,23,25,30H,1H3,(H,28,33)(H,31,32)/b14-13+/t23-,25-/m0/s1. The molecule has 0 saturated heterocycles. The number of anilines is 1. The Bertz CT molecular complexity index is 1230. The van der Waals surface area contributed by atoms with Crippen molar-refractivity contribution in [1.29, 1.82) is 0 Å². The highest BCUT2D eigenvalue weighted by molar-refractivity contribution is 9.10. The molecule has 3 rings (SSSR count). The molecule has 0 heterocycles. The van der Waals surface area contributed by atoms with E-state index in [1.165, 1.54) is 19.1 Å². The maximum Gasteiger partial charge on any atom is 0.412 e. The number of hydrogen-bond donors (Lipinski definition) is 3. The lowest BCUT2D eigenvalue weighted by Crippen LogP contribution is -2.30. The van der Waals surface area contributed by atoms with Crippen LogP contribution in [-0.4, -0.2) is 34.2 Å². The summed E-state index contributed by atoms with van der Waals surface area (Å²) in [7, 11) is 0. The van der Waals surface area contributed by atoms with Crippen molar-refractivity contribution in [1.82, 2.24) is 0 Å². The van der Waals surface area contributed by atoms with Gasteiger partial charge in [-0.15, -0.1) is 0 Å². The van der Waals surface area contributed by atoms with E-state index in [2.05, 4.69) is 21.2 Å². The number of ether oxygens (including phenoxy) is 2.